The minimum Gasteiger partial charge on any atom is -0.106 e. The minimum atomic E-state index is 0. The Kier molecular flexibility index (Phi) is 2160. The molecule has 0 atom stereocenters. The zero-order valence-corrected chi connectivity index (χ0v) is 3.70. The second-order valence-corrected chi connectivity index (χ2v) is 0.408. The Morgan fingerprint density at radius 1 is 1.14 bits per heavy atom. The molecule has 0 aromatic heterocycles. The van der Waals surface area contributed by atoms with E-state index in [1.54, 1.807) is 6.08 Å². The zero-order valence-electron chi connectivity index (χ0n) is 3.70. The van der Waals surface area contributed by atoms with Crippen molar-refractivity contribution in [2.75, 3.05) is 0 Å². The van der Waals surface area contributed by atoms with Crippen LogP contribution in [0, 0.1) is 0 Å². The van der Waals surface area contributed by atoms with Crippen LogP contribution in [-0.2, 0) is 0 Å². The third-order valence-electron chi connectivity index (χ3n) is 0. The summed E-state index contributed by atoms with van der Waals surface area (Å²) in [6.45, 7) is 11.2. The van der Waals surface area contributed by atoms with Crippen molar-refractivity contribution in [2.24, 2.45) is 0 Å². The Balaban J connectivity index is -0.0000000105. The lowest BCUT2D eigenvalue weighted by Crippen LogP contribution is -1.07. The van der Waals surface area contributed by atoms with Crippen LogP contribution in [0.15, 0.2) is 25.8 Å². The van der Waals surface area contributed by atoms with Crippen molar-refractivity contribution < 1.29 is 0 Å². The van der Waals surface area contributed by atoms with Gasteiger partial charge in [-0.15, -0.1) is 19.7 Å². The lowest BCUT2D eigenvalue weighted by atomic mass is 10.8. The van der Waals surface area contributed by atoms with Crippen molar-refractivity contribution in [3.8, 4) is 0 Å². The first-order valence-electron chi connectivity index (χ1n) is 1.49. The topological polar surface area (TPSA) is 0 Å². The van der Waals surface area contributed by atoms with E-state index in [0.717, 1.165) is 0 Å². The van der Waals surface area contributed by atoms with Gasteiger partial charge < -0.3 is 0 Å². The van der Waals surface area contributed by atoms with Gasteiger partial charge in [0.1, 0.15) is 0 Å². The van der Waals surface area contributed by atoms with Gasteiger partial charge in [0.05, 0.1) is 0 Å². The molecule has 0 radical (unpaired) electrons. The van der Waals surface area contributed by atoms with Crippen LogP contribution in [0.25, 0.3) is 0 Å². The van der Waals surface area contributed by atoms with E-state index in [1.807, 2.05) is 6.92 Å². The van der Waals surface area contributed by atoms with Crippen molar-refractivity contribution in [2.45, 2.75) is 21.8 Å². The molecule has 0 aliphatic heterocycles. The van der Waals surface area contributed by atoms with Crippen LogP contribution in [0.1, 0.15) is 21.8 Å². The van der Waals surface area contributed by atoms with Gasteiger partial charge in [0.25, 0.3) is 0 Å². The molecule has 0 aliphatic rings. The standard InChI is InChI=1S/C3H6.C2H4.2CH4/c1-3-2;1-2;;/h3H,1H2,2H3;1-2H2;2*1H4. The summed E-state index contributed by atoms with van der Waals surface area (Å²) in [6, 6.07) is 0. The molecule has 0 heterocycles. The molecule has 0 aromatic rings. The van der Waals surface area contributed by atoms with Crippen LogP contribution in [0.3, 0.4) is 0 Å². The third-order valence-corrected chi connectivity index (χ3v) is 0. The Morgan fingerprint density at radius 2 is 1.14 bits per heavy atom. The highest BCUT2D eigenvalue weighted by Gasteiger charge is 1.15. The monoisotopic (exact) mass is 102 g/mol. The molecule has 0 saturated carbocycles. The van der Waals surface area contributed by atoms with E-state index in [9.17, 15) is 0 Å². The molecule has 0 aromatic carbocycles. The Labute approximate surface area is 48.6 Å². The molecule has 46 valence electrons. The predicted octanol–water partition coefficient (Wildman–Crippen LogP) is 3.27. The number of allylic oxidation sites excluding steroid dienone is 1. The van der Waals surface area contributed by atoms with E-state index in [4.69, 9.17) is 0 Å². The van der Waals surface area contributed by atoms with E-state index < -0.39 is 0 Å². The van der Waals surface area contributed by atoms with Crippen LogP contribution in [0.5, 0.6) is 0 Å². The third kappa shape index (κ3) is 245. The largest absolute Gasteiger partial charge is 0.106 e. The maximum atomic E-state index is 3.36. The smallest absolute Gasteiger partial charge is 0.0473 e. The molecule has 0 rings (SSSR count). The fourth-order valence-corrected chi connectivity index (χ4v) is 0. The van der Waals surface area contributed by atoms with Crippen LogP contribution in [0.4, 0.5) is 0 Å². The molecule has 0 fully saturated rings. The van der Waals surface area contributed by atoms with E-state index in [1.165, 1.54) is 0 Å². The summed E-state index contributed by atoms with van der Waals surface area (Å²) in [5.41, 5.74) is 0. The van der Waals surface area contributed by atoms with Crippen molar-refractivity contribution in [1.82, 2.24) is 0 Å². The van der Waals surface area contributed by atoms with Crippen molar-refractivity contribution in [3.63, 3.8) is 0 Å². The van der Waals surface area contributed by atoms with Crippen molar-refractivity contribution in [1.29, 1.82) is 0 Å². The molecule has 0 amide bonds. The molecule has 0 spiro atoms. The van der Waals surface area contributed by atoms with Gasteiger partial charge in [0.15, 0.2) is 0 Å². The Hall–Kier alpha value is -0.520. The molecular formula is C7H18. The van der Waals surface area contributed by atoms with Gasteiger partial charge in [-0.05, 0) is 6.92 Å². The molecule has 0 aliphatic carbocycles. The lowest BCUT2D eigenvalue weighted by molar-refractivity contribution is 1.80. The highest BCUT2D eigenvalue weighted by Crippen LogP contribution is 1.38. The molecule has 7 heavy (non-hydrogen) atoms. The highest BCUT2D eigenvalue weighted by molar-refractivity contribution is 4.51. The second-order valence-electron chi connectivity index (χ2n) is 0.408. The fourth-order valence-electron chi connectivity index (χ4n) is 0. The van der Waals surface area contributed by atoms with Gasteiger partial charge in [-0.25, -0.2) is 0 Å². The van der Waals surface area contributed by atoms with Gasteiger partial charge in [0.2, 0.25) is 0 Å². The average molecular weight is 102 g/mol. The van der Waals surface area contributed by atoms with Gasteiger partial charge >= 0.3 is 0 Å². The number of hydrogen-bond donors (Lipinski definition) is 0. The second kappa shape index (κ2) is 477. The van der Waals surface area contributed by atoms with Gasteiger partial charge in [-0.1, -0.05) is 20.9 Å². The maximum absolute atomic E-state index is 3.36. The highest BCUT2D eigenvalue weighted by atomic mass is 13.2. The first kappa shape index (κ1) is 31.6. The first-order chi connectivity index (χ1) is 2.41. The SMILES string of the molecule is C.C.C=C.C=CC. The van der Waals surface area contributed by atoms with Crippen molar-refractivity contribution >= 4 is 0 Å². The zero-order chi connectivity index (χ0) is 4.71. The van der Waals surface area contributed by atoms with Gasteiger partial charge in [-0.3, -0.25) is 0 Å². The molecule has 0 bridgehead atoms. The lowest BCUT2D eigenvalue weighted by Gasteiger charge is -1.31. The summed E-state index contributed by atoms with van der Waals surface area (Å²) >= 11 is 0. The van der Waals surface area contributed by atoms with Crippen LogP contribution in [-0.4, -0.2) is 0 Å². The summed E-state index contributed by atoms with van der Waals surface area (Å²) in [4.78, 5) is 0. The van der Waals surface area contributed by atoms with Crippen LogP contribution < -0.4 is 0 Å². The quantitative estimate of drug-likeness (QED) is 0.412. The summed E-state index contributed by atoms with van der Waals surface area (Å²) < 4.78 is 0. The molecule has 0 nitrogen and oxygen atoms in total. The molecule has 0 saturated heterocycles. The number of rotatable bonds is 0. The first-order valence-corrected chi connectivity index (χ1v) is 1.49. The molecular weight excluding hydrogens is 84.1 g/mol. The van der Waals surface area contributed by atoms with E-state index in [0.29, 0.717) is 0 Å². The molecule has 0 heteroatoms. The normalized spacial score (nSPS) is 2.43. The van der Waals surface area contributed by atoms with Gasteiger partial charge in [-0.2, -0.15) is 0 Å². The number of hydrogen-bond acceptors (Lipinski definition) is 0. The van der Waals surface area contributed by atoms with E-state index in [-0.39, 0.29) is 14.9 Å². The maximum Gasteiger partial charge on any atom is -0.0473 e. The average Bonchev–Trinajstić information content (AvgIpc) is 1.46. The summed E-state index contributed by atoms with van der Waals surface area (Å²) in [6.07, 6.45) is 1.75. The molecule has 0 N–H and O–H groups in total. The summed E-state index contributed by atoms with van der Waals surface area (Å²) in [7, 11) is 0. The van der Waals surface area contributed by atoms with Crippen molar-refractivity contribution in [3.05, 3.63) is 25.8 Å². The van der Waals surface area contributed by atoms with E-state index >= 15 is 0 Å². The van der Waals surface area contributed by atoms with Crippen LogP contribution >= 0.6 is 0 Å². The van der Waals surface area contributed by atoms with E-state index in [2.05, 4.69) is 19.7 Å². The van der Waals surface area contributed by atoms with Gasteiger partial charge in [0, 0.05) is 0 Å². The predicted molar refractivity (Wildman–Crippen MR) is 40.6 cm³/mol. The minimum absolute atomic E-state index is 0. The van der Waals surface area contributed by atoms with Crippen LogP contribution in [0.2, 0.25) is 0 Å². The summed E-state index contributed by atoms with van der Waals surface area (Å²) in [5, 5.41) is 0. The Morgan fingerprint density at radius 3 is 1.14 bits per heavy atom. The summed E-state index contributed by atoms with van der Waals surface area (Å²) in [5.74, 6) is 0. The molecule has 0 unspecified atom stereocenters. The Bertz CT molecular complexity index is 14.0. The fraction of sp³-hybridized carbons (Fsp3) is 0.429.